The van der Waals surface area contributed by atoms with Crippen molar-refractivity contribution in [3.8, 4) is 5.75 Å². The van der Waals surface area contributed by atoms with Gasteiger partial charge in [-0.05, 0) is 37.1 Å². The van der Waals surface area contributed by atoms with Crippen LogP contribution in [0.5, 0.6) is 5.75 Å². The molecule has 0 saturated heterocycles. The maximum absolute atomic E-state index is 11.4. The van der Waals surface area contributed by atoms with E-state index in [1.807, 2.05) is 18.2 Å². The van der Waals surface area contributed by atoms with Crippen LogP contribution in [0.4, 0.5) is 0 Å². The quantitative estimate of drug-likeness (QED) is 0.780. The Balaban J connectivity index is 2.39. The Morgan fingerprint density at radius 1 is 1.42 bits per heavy atom. The molecule has 0 heterocycles. The number of ether oxygens (including phenoxy) is 1. The van der Waals surface area contributed by atoms with Crippen molar-refractivity contribution >= 4 is 17.5 Å². The summed E-state index contributed by atoms with van der Waals surface area (Å²) in [7, 11) is 3.49. The van der Waals surface area contributed by atoms with E-state index in [0.29, 0.717) is 36.8 Å². The molecule has 0 aliphatic rings. The fourth-order valence-corrected chi connectivity index (χ4v) is 1.87. The van der Waals surface area contributed by atoms with Crippen molar-refractivity contribution in [1.29, 1.82) is 0 Å². The highest BCUT2D eigenvalue weighted by atomic mass is 35.5. The minimum absolute atomic E-state index is 0.105. The lowest BCUT2D eigenvalue weighted by Crippen LogP contribution is -2.21. The molecule has 1 aromatic rings. The highest BCUT2D eigenvalue weighted by molar-refractivity contribution is 6.32. The Morgan fingerprint density at radius 2 is 2.16 bits per heavy atom. The standard InChI is InChI=1S/C14H21ClN2O2/c1-17(2)14(18)4-3-9-19-13-6-5-11(7-8-16)10-12(13)15/h5-6,10H,3-4,7-9,16H2,1-2H3. The molecule has 4 nitrogen and oxygen atoms in total. The van der Waals surface area contributed by atoms with Gasteiger partial charge in [-0.1, -0.05) is 17.7 Å². The molecule has 0 saturated carbocycles. The molecule has 1 amide bonds. The van der Waals surface area contributed by atoms with E-state index in [-0.39, 0.29) is 5.91 Å². The van der Waals surface area contributed by atoms with Crippen LogP contribution in [0.15, 0.2) is 18.2 Å². The fourth-order valence-electron chi connectivity index (χ4n) is 1.61. The van der Waals surface area contributed by atoms with E-state index in [2.05, 4.69) is 0 Å². The van der Waals surface area contributed by atoms with Crippen LogP contribution in [0.3, 0.4) is 0 Å². The summed E-state index contributed by atoms with van der Waals surface area (Å²) in [4.78, 5) is 12.9. The molecule has 0 atom stereocenters. The second-order valence-corrected chi connectivity index (χ2v) is 4.95. The summed E-state index contributed by atoms with van der Waals surface area (Å²) < 4.78 is 5.57. The zero-order chi connectivity index (χ0) is 14.3. The van der Waals surface area contributed by atoms with E-state index in [1.165, 1.54) is 0 Å². The maximum Gasteiger partial charge on any atom is 0.222 e. The predicted octanol–water partition coefficient (Wildman–Crippen LogP) is 2.09. The Bertz CT molecular complexity index is 422. The molecule has 0 aliphatic carbocycles. The van der Waals surface area contributed by atoms with Crippen LogP contribution < -0.4 is 10.5 Å². The second kappa shape index (κ2) is 8.02. The number of nitrogens with two attached hydrogens (primary N) is 1. The summed E-state index contributed by atoms with van der Waals surface area (Å²) in [5.41, 5.74) is 6.59. The van der Waals surface area contributed by atoms with Gasteiger partial charge in [-0.2, -0.15) is 0 Å². The minimum atomic E-state index is 0.105. The lowest BCUT2D eigenvalue weighted by Gasteiger charge is -2.11. The maximum atomic E-state index is 11.4. The Hall–Kier alpha value is -1.26. The zero-order valence-electron chi connectivity index (χ0n) is 11.5. The average molecular weight is 285 g/mol. The Kier molecular flexibility index (Phi) is 6.67. The van der Waals surface area contributed by atoms with E-state index in [1.54, 1.807) is 19.0 Å². The number of benzene rings is 1. The van der Waals surface area contributed by atoms with Crippen molar-refractivity contribution in [1.82, 2.24) is 4.90 Å². The lowest BCUT2D eigenvalue weighted by molar-refractivity contribution is -0.128. The Labute approximate surface area is 119 Å². The molecule has 0 fully saturated rings. The van der Waals surface area contributed by atoms with Gasteiger partial charge in [0.1, 0.15) is 5.75 Å². The van der Waals surface area contributed by atoms with Crippen LogP contribution in [-0.4, -0.2) is 38.1 Å². The number of carbonyl (C=O) groups excluding carboxylic acids is 1. The summed E-state index contributed by atoms with van der Waals surface area (Å²) in [6.07, 6.45) is 1.96. The fraction of sp³-hybridized carbons (Fsp3) is 0.500. The van der Waals surface area contributed by atoms with Gasteiger partial charge < -0.3 is 15.4 Å². The number of hydrogen-bond acceptors (Lipinski definition) is 3. The average Bonchev–Trinajstić information content (AvgIpc) is 2.36. The summed E-state index contributed by atoms with van der Waals surface area (Å²) in [5, 5.41) is 0.588. The summed E-state index contributed by atoms with van der Waals surface area (Å²) in [6.45, 7) is 1.08. The zero-order valence-corrected chi connectivity index (χ0v) is 12.2. The van der Waals surface area contributed by atoms with Crippen molar-refractivity contribution in [3.63, 3.8) is 0 Å². The monoisotopic (exact) mass is 284 g/mol. The van der Waals surface area contributed by atoms with Gasteiger partial charge in [-0.15, -0.1) is 0 Å². The number of amides is 1. The van der Waals surface area contributed by atoms with Crippen molar-refractivity contribution in [2.45, 2.75) is 19.3 Å². The number of rotatable bonds is 7. The van der Waals surface area contributed by atoms with Crippen LogP contribution in [-0.2, 0) is 11.2 Å². The lowest BCUT2D eigenvalue weighted by atomic mass is 10.1. The van der Waals surface area contributed by atoms with E-state index in [0.717, 1.165) is 12.0 Å². The molecular weight excluding hydrogens is 264 g/mol. The predicted molar refractivity (Wildman–Crippen MR) is 77.6 cm³/mol. The van der Waals surface area contributed by atoms with Gasteiger partial charge in [0, 0.05) is 20.5 Å². The van der Waals surface area contributed by atoms with Crippen LogP contribution >= 0.6 is 11.6 Å². The number of nitrogens with zero attached hydrogens (tertiary/aromatic N) is 1. The normalized spacial score (nSPS) is 10.3. The molecular formula is C14H21ClN2O2. The molecule has 19 heavy (non-hydrogen) atoms. The second-order valence-electron chi connectivity index (χ2n) is 4.54. The van der Waals surface area contributed by atoms with Crippen LogP contribution in [0.25, 0.3) is 0 Å². The van der Waals surface area contributed by atoms with Crippen LogP contribution in [0.1, 0.15) is 18.4 Å². The third kappa shape index (κ3) is 5.49. The van der Waals surface area contributed by atoms with Gasteiger partial charge in [0.2, 0.25) is 5.91 Å². The summed E-state index contributed by atoms with van der Waals surface area (Å²) in [5.74, 6) is 0.757. The molecule has 0 spiro atoms. The van der Waals surface area contributed by atoms with Gasteiger partial charge >= 0.3 is 0 Å². The summed E-state index contributed by atoms with van der Waals surface area (Å²) in [6, 6.07) is 5.68. The number of halogens is 1. The number of hydrogen-bond donors (Lipinski definition) is 1. The molecule has 106 valence electrons. The summed E-state index contributed by atoms with van der Waals surface area (Å²) >= 11 is 6.12. The third-order valence-electron chi connectivity index (χ3n) is 2.72. The molecule has 0 aliphatic heterocycles. The highest BCUT2D eigenvalue weighted by Crippen LogP contribution is 2.25. The molecule has 0 unspecified atom stereocenters. The third-order valence-corrected chi connectivity index (χ3v) is 3.02. The molecule has 1 rings (SSSR count). The van der Waals surface area contributed by atoms with Gasteiger partial charge in [-0.3, -0.25) is 4.79 Å². The SMILES string of the molecule is CN(C)C(=O)CCCOc1ccc(CCN)cc1Cl. The first-order valence-corrected chi connectivity index (χ1v) is 6.74. The van der Waals surface area contributed by atoms with Crippen LogP contribution in [0, 0.1) is 0 Å². The molecule has 2 N–H and O–H groups in total. The molecule has 0 aromatic heterocycles. The van der Waals surface area contributed by atoms with E-state index >= 15 is 0 Å². The van der Waals surface area contributed by atoms with Gasteiger partial charge in [-0.25, -0.2) is 0 Å². The van der Waals surface area contributed by atoms with Crippen molar-refractivity contribution in [2.24, 2.45) is 5.73 Å². The number of carbonyl (C=O) groups is 1. The van der Waals surface area contributed by atoms with Crippen molar-refractivity contribution < 1.29 is 9.53 Å². The van der Waals surface area contributed by atoms with Gasteiger partial charge in [0.05, 0.1) is 11.6 Å². The topological polar surface area (TPSA) is 55.6 Å². The van der Waals surface area contributed by atoms with Crippen molar-refractivity contribution in [3.05, 3.63) is 28.8 Å². The van der Waals surface area contributed by atoms with E-state index < -0.39 is 0 Å². The minimum Gasteiger partial charge on any atom is -0.492 e. The first-order valence-electron chi connectivity index (χ1n) is 6.36. The smallest absolute Gasteiger partial charge is 0.222 e. The van der Waals surface area contributed by atoms with Gasteiger partial charge in [0.25, 0.3) is 0 Å². The molecule has 5 heteroatoms. The van der Waals surface area contributed by atoms with E-state index in [4.69, 9.17) is 22.1 Å². The van der Waals surface area contributed by atoms with Crippen LogP contribution in [0.2, 0.25) is 5.02 Å². The van der Waals surface area contributed by atoms with E-state index in [9.17, 15) is 4.79 Å². The molecule has 0 bridgehead atoms. The largest absolute Gasteiger partial charge is 0.492 e. The first-order chi connectivity index (χ1) is 9.04. The highest BCUT2D eigenvalue weighted by Gasteiger charge is 2.05. The molecule has 1 aromatic carbocycles. The van der Waals surface area contributed by atoms with Crippen molar-refractivity contribution in [2.75, 3.05) is 27.2 Å². The molecule has 0 radical (unpaired) electrons. The van der Waals surface area contributed by atoms with Gasteiger partial charge in [0.15, 0.2) is 0 Å². The first kappa shape index (κ1) is 15.8. The Morgan fingerprint density at radius 3 is 2.74 bits per heavy atom.